The fourth-order valence-corrected chi connectivity index (χ4v) is 7.54. The highest BCUT2D eigenvalue weighted by molar-refractivity contribution is 9.10. The summed E-state index contributed by atoms with van der Waals surface area (Å²) in [6.45, 7) is 1.49. The molecular formula is C48H43BrCl2N2O6. The Hall–Kier alpha value is -5.32. The average Bonchev–Trinajstić information content (AvgIpc) is 3.64. The molecule has 6 aromatic carbocycles. The van der Waals surface area contributed by atoms with Crippen LogP contribution in [0.4, 0.5) is 0 Å². The Balaban J connectivity index is 1.17. The van der Waals surface area contributed by atoms with E-state index in [9.17, 15) is 4.79 Å². The largest absolute Gasteiger partial charge is 0.494 e. The first-order valence-electron chi connectivity index (χ1n) is 19.3. The van der Waals surface area contributed by atoms with Gasteiger partial charge in [0.1, 0.15) is 19.0 Å². The summed E-state index contributed by atoms with van der Waals surface area (Å²) < 4.78 is 25.9. The molecule has 0 unspecified atom stereocenters. The third-order valence-corrected chi connectivity index (χ3v) is 10.9. The monoisotopic (exact) mass is 892 g/mol. The van der Waals surface area contributed by atoms with Crippen molar-refractivity contribution in [2.45, 2.75) is 44.1 Å². The minimum absolute atomic E-state index is 0.0422. The van der Waals surface area contributed by atoms with Gasteiger partial charge in [-0.15, -0.1) is 0 Å². The van der Waals surface area contributed by atoms with E-state index in [0.29, 0.717) is 83.5 Å². The molecule has 6 aromatic rings. The summed E-state index contributed by atoms with van der Waals surface area (Å²) in [4.78, 5) is 20.1. The summed E-state index contributed by atoms with van der Waals surface area (Å²) in [5.74, 6) is 1.85. The highest BCUT2D eigenvalue weighted by Crippen LogP contribution is 2.45. The first-order valence-corrected chi connectivity index (χ1v) is 20.9. The van der Waals surface area contributed by atoms with Crippen molar-refractivity contribution < 1.29 is 28.8 Å². The molecule has 59 heavy (non-hydrogen) atoms. The standard InChI is InChI=1S/C48H43BrCl2N2O6/c49-38-17-12-34(13-18-38)30-48(45(41-22-19-39(50)29-42(41)51)59-46(53-48)37-15-20-40(21-16-37)56-27-7-26-54)47(55)52-25-24-33-14-23-43(57-31-35-8-3-1-4-9-35)44(28-33)58-32-36-10-5-2-6-11-36/h1-6,8-23,28-29,45,54H,7,24-27,30-32H2,(H,52,55)/t45-,48-/m1/s1. The quantitative estimate of drug-likeness (QED) is 0.0834. The second-order valence-corrected chi connectivity index (χ2v) is 15.9. The second kappa shape index (κ2) is 20.1. The zero-order chi connectivity index (χ0) is 41.0. The predicted octanol–water partition coefficient (Wildman–Crippen LogP) is 10.5. The smallest absolute Gasteiger partial charge is 0.252 e. The summed E-state index contributed by atoms with van der Waals surface area (Å²) in [5.41, 5.74) is 3.70. The summed E-state index contributed by atoms with van der Waals surface area (Å²) in [6, 6.07) is 46.1. The lowest BCUT2D eigenvalue weighted by Crippen LogP contribution is -2.50. The van der Waals surface area contributed by atoms with Crippen molar-refractivity contribution in [2.75, 3.05) is 19.8 Å². The van der Waals surface area contributed by atoms with Gasteiger partial charge in [-0.3, -0.25) is 4.79 Å². The number of aliphatic hydroxyl groups is 1. The van der Waals surface area contributed by atoms with E-state index >= 15 is 0 Å². The number of aliphatic hydroxyl groups excluding tert-OH is 1. The number of carbonyl (C=O) groups excluding carboxylic acids is 1. The molecule has 0 aromatic heterocycles. The molecule has 7 rings (SSSR count). The lowest BCUT2D eigenvalue weighted by molar-refractivity contribution is -0.128. The van der Waals surface area contributed by atoms with Gasteiger partial charge in [-0.25, -0.2) is 4.99 Å². The Kier molecular flexibility index (Phi) is 14.2. The Morgan fingerprint density at radius 2 is 1.41 bits per heavy atom. The number of nitrogens with one attached hydrogen (secondary N) is 1. The van der Waals surface area contributed by atoms with Gasteiger partial charge < -0.3 is 29.4 Å². The van der Waals surface area contributed by atoms with E-state index in [2.05, 4.69) is 21.2 Å². The Morgan fingerprint density at radius 3 is 2.07 bits per heavy atom. The van der Waals surface area contributed by atoms with E-state index in [1.807, 2.05) is 127 Å². The molecule has 0 fully saturated rings. The average molecular weight is 895 g/mol. The predicted molar refractivity (Wildman–Crippen MR) is 236 cm³/mol. The molecule has 0 radical (unpaired) electrons. The van der Waals surface area contributed by atoms with Gasteiger partial charge in [0.25, 0.3) is 5.91 Å². The maximum Gasteiger partial charge on any atom is 0.252 e. The second-order valence-electron chi connectivity index (χ2n) is 14.1. The Labute approximate surface area is 362 Å². The van der Waals surface area contributed by atoms with Gasteiger partial charge in [0.05, 0.1) is 6.61 Å². The fraction of sp³-hybridized carbons (Fsp3) is 0.208. The third-order valence-electron chi connectivity index (χ3n) is 9.84. The lowest BCUT2D eigenvalue weighted by Gasteiger charge is -2.31. The fourth-order valence-electron chi connectivity index (χ4n) is 6.77. The number of halogens is 3. The highest BCUT2D eigenvalue weighted by Gasteiger charge is 2.53. The third kappa shape index (κ3) is 10.8. The molecule has 2 atom stereocenters. The first kappa shape index (κ1) is 41.8. The summed E-state index contributed by atoms with van der Waals surface area (Å²) in [7, 11) is 0. The number of hydrogen-bond acceptors (Lipinski definition) is 7. The van der Waals surface area contributed by atoms with E-state index in [0.717, 1.165) is 26.7 Å². The number of rotatable bonds is 18. The SMILES string of the molecule is O=C(NCCc1ccc(OCc2ccccc2)c(OCc2ccccc2)c1)[C@]1(Cc2ccc(Br)cc2)N=C(c2ccc(OCCCO)cc2)O[C@@H]1c1ccc(Cl)cc1Cl. The van der Waals surface area contributed by atoms with Crippen LogP contribution in [0.2, 0.25) is 10.0 Å². The molecule has 0 bridgehead atoms. The van der Waals surface area contributed by atoms with Crippen LogP contribution in [-0.4, -0.2) is 42.2 Å². The molecule has 0 saturated carbocycles. The van der Waals surface area contributed by atoms with Crippen molar-refractivity contribution in [1.82, 2.24) is 5.32 Å². The van der Waals surface area contributed by atoms with Crippen molar-refractivity contribution in [3.8, 4) is 17.2 Å². The number of carbonyl (C=O) groups is 1. The molecule has 2 N–H and O–H groups in total. The zero-order valence-corrected chi connectivity index (χ0v) is 35.3. The van der Waals surface area contributed by atoms with Crippen LogP contribution in [0.5, 0.6) is 17.2 Å². The van der Waals surface area contributed by atoms with Gasteiger partial charge in [-0.05, 0) is 89.3 Å². The van der Waals surface area contributed by atoms with E-state index < -0.39 is 11.6 Å². The van der Waals surface area contributed by atoms with Gasteiger partial charge in [0.2, 0.25) is 5.90 Å². The molecule has 1 heterocycles. The minimum Gasteiger partial charge on any atom is -0.494 e. The van der Waals surface area contributed by atoms with Crippen molar-refractivity contribution in [3.63, 3.8) is 0 Å². The lowest BCUT2D eigenvalue weighted by atomic mass is 9.82. The molecule has 8 nitrogen and oxygen atoms in total. The molecular weight excluding hydrogens is 851 g/mol. The van der Waals surface area contributed by atoms with Gasteiger partial charge >= 0.3 is 0 Å². The molecule has 0 saturated heterocycles. The molecule has 1 amide bonds. The molecule has 11 heteroatoms. The number of benzene rings is 6. The van der Waals surface area contributed by atoms with Crippen LogP contribution in [0.3, 0.4) is 0 Å². The summed E-state index contributed by atoms with van der Waals surface area (Å²) in [5, 5.41) is 13.2. The molecule has 1 aliphatic heterocycles. The summed E-state index contributed by atoms with van der Waals surface area (Å²) >= 11 is 16.8. The summed E-state index contributed by atoms with van der Waals surface area (Å²) in [6.07, 6.45) is 0.340. The topological polar surface area (TPSA) is 98.6 Å². The van der Waals surface area contributed by atoms with Crippen molar-refractivity contribution in [3.05, 3.63) is 193 Å². The van der Waals surface area contributed by atoms with Crippen molar-refractivity contribution in [2.24, 2.45) is 4.99 Å². The van der Waals surface area contributed by atoms with Gasteiger partial charge in [0, 0.05) is 51.6 Å². The normalized spacial score (nSPS) is 15.9. The zero-order valence-electron chi connectivity index (χ0n) is 32.2. The van der Waals surface area contributed by atoms with Crippen LogP contribution < -0.4 is 19.5 Å². The van der Waals surface area contributed by atoms with Gasteiger partial charge in [0.15, 0.2) is 23.1 Å². The van der Waals surface area contributed by atoms with Crippen molar-refractivity contribution >= 4 is 50.9 Å². The van der Waals surface area contributed by atoms with Crippen LogP contribution in [0.1, 0.15) is 45.9 Å². The first-order chi connectivity index (χ1) is 28.8. The van der Waals surface area contributed by atoms with Crippen molar-refractivity contribution in [1.29, 1.82) is 0 Å². The Morgan fingerprint density at radius 1 is 0.746 bits per heavy atom. The molecule has 0 spiro atoms. The van der Waals surface area contributed by atoms with Gasteiger partial charge in [-0.2, -0.15) is 0 Å². The van der Waals surface area contributed by atoms with E-state index in [1.165, 1.54) is 0 Å². The number of nitrogens with zero attached hydrogens (tertiary/aromatic N) is 1. The molecule has 1 aliphatic rings. The number of ether oxygens (including phenoxy) is 4. The van der Waals surface area contributed by atoms with Crippen LogP contribution in [-0.2, 0) is 35.6 Å². The van der Waals surface area contributed by atoms with Crippen LogP contribution >= 0.6 is 39.1 Å². The highest BCUT2D eigenvalue weighted by atomic mass is 79.9. The van der Waals surface area contributed by atoms with Crippen LogP contribution in [0, 0.1) is 0 Å². The number of amides is 1. The van der Waals surface area contributed by atoms with E-state index in [1.54, 1.807) is 18.2 Å². The number of hydrogen-bond donors (Lipinski definition) is 2. The maximum atomic E-state index is 14.9. The van der Waals surface area contributed by atoms with Crippen LogP contribution in [0.25, 0.3) is 0 Å². The Bertz CT molecular complexity index is 2350. The maximum absolute atomic E-state index is 14.9. The van der Waals surface area contributed by atoms with E-state index in [-0.39, 0.29) is 18.9 Å². The molecule has 302 valence electrons. The number of aliphatic imine (C=N–C) groups is 1. The minimum atomic E-state index is -1.46. The molecule has 0 aliphatic carbocycles. The van der Waals surface area contributed by atoms with Crippen LogP contribution in [0.15, 0.2) is 155 Å². The van der Waals surface area contributed by atoms with E-state index in [4.69, 9.17) is 52.2 Å². The van der Waals surface area contributed by atoms with Gasteiger partial charge in [-0.1, -0.05) is 124 Å².